The van der Waals surface area contributed by atoms with Crippen LogP contribution in [0.1, 0.15) is 24.2 Å². The van der Waals surface area contributed by atoms with E-state index >= 15 is 0 Å². The largest absolute Gasteiger partial charge is 0.358 e. The van der Waals surface area contributed by atoms with Gasteiger partial charge in [-0.1, -0.05) is 24.3 Å². The molecule has 1 amide bonds. The van der Waals surface area contributed by atoms with Crippen LogP contribution in [0.4, 0.5) is 19.0 Å². The van der Waals surface area contributed by atoms with E-state index in [1.54, 1.807) is 41.3 Å². The first-order valence-electron chi connectivity index (χ1n) is 8.86. The maximum absolute atomic E-state index is 13.1. The van der Waals surface area contributed by atoms with E-state index in [1.807, 2.05) is 0 Å². The van der Waals surface area contributed by atoms with E-state index in [0.717, 1.165) is 5.56 Å². The van der Waals surface area contributed by atoms with E-state index in [9.17, 15) is 18.0 Å². The second-order valence-electron chi connectivity index (χ2n) is 6.62. The summed E-state index contributed by atoms with van der Waals surface area (Å²) < 4.78 is 39.3. The van der Waals surface area contributed by atoms with Crippen LogP contribution in [0.2, 0.25) is 0 Å². The fourth-order valence-electron chi connectivity index (χ4n) is 3.31. The van der Waals surface area contributed by atoms with Gasteiger partial charge in [0, 0.05) is 18.5 Å². The van der Waals surface area contributed by atoms with E-state index in [-0.39, 0.29) is 17.5 Å². The van der Waals surface area contributed by atoms with Crippen LogP contribution in [0.25, 0.3) is 10.9 Å². The third kappa shape index (κ3) is 3.62. The first kappa shape index (κ1) is 18.2. The molecule has 1 aliphatic rings. The predicted molar refractivity (Wildman–Crippen MR) is 98.3 cm³/mol. The smallest absolute Gasteiger partial charge is 0.297 e. The molecule has 2 heterocycles. The Balaban J connectivity index is 1.55. The summed E-state index contributed by atoms with van der Waals surface area (Å²) in [6.45, 7) is 0.878. The Labute approximate surface area is 159 Å². The van der Waals surface area contributed by atoms with Gasteiger partial charge >= 0.3 is 0 Å². The van der Waals surface area contributed by atoms with Gasteiger partial charge < -0.3 is 10.2 Å². The number of carbonyl (C=O) groups excluding carboxylic acids is 1. The molecule has 1 saturated heterocycles. The molecule has 1 atom stereocenters. The summed E-state index contributed by atoms with van der Waals surface area (Å²) >= 11 is 0. The van der Waals surface area contributed by atoms with Crippen molar-refractivity contribution in [1.29, 1.82) is 0 Å². The summed E-state index contributed by atoms with van der Waals surface area (Å²) in [7, 11) is 0. The number of nitrogens with one attached hydrogen (secondary N) is 1. The van der Waals surface area contributed by atoms with Gasteiger partial charge in [-0.2, -0.15) is 0 Å². The molecule has 0 bridgehead atoms. The number of aromatic nitrogens is 2. The lowest BCUT2D eigenvalue weighted by Gasteiger charge is -2.18. The van der Waals surface area contributed by atoms with Gasteiger partial charge in [0.1, 0.15) is 17.7 Å². The Morgan fingerprint density at radius 2 is 1.86 bits per heavy atom. The van der Waals surface area contributed by atoms with Crippen molar-refractivity contribution < 1.29 is 18.0 Å². The molecule has 3 aromatic rings. The van der Waals surface area contributed by atoms with Crippen LogP contribution >= 0.6 is 0 Å². The number of amides is 1. The number of hydrogen-bond acceptors (Lipinski definition) is 4. The summed E-state index contributed by atoms with van der Waals surface area (Å²) in [6.07, 6.45) is -2.29. The predicted octanol–water partition coefficient (Wildman–Crippen LogP) is 3.92. The van der Waals surface area contributed by atoms with Crippen molar-refractivity contribution in [1.82, 2.24) is 14.9 Å². The average Bonchev–Trinajstić information content (AvgIpc) is 3.03. The average molecular weight is 386 g/mol. The highest BCUT2D eigenvalue weighted by molar-refractivity contribution is 5.93. The van der Waals surface area contributed by atoms with Gasteiger partial charge in [-0.05, 0) is 36.2 Å². The Kier molecular flexibility index (Phi) is 4.85. The number of rotatable bonds is 5. The minimum atomic E-state index is -2.81. The van der Waals surface area contributed by atoms with E-state index in [4.69, 9.17) is 0 Å². The number of halogens is 3. The van der Waals surface area contributed by atoms with Crippen molar-refractivity contribution in [3.8, 4) is 0 Å². The monoisotopic (exact) mass is 386 g/mol. The number of nitrogens with zero attached hydrogens (tertiary/aromatic N) is 3. The topological polar surface area (TPSA) is 58.1 Å². The number of benzene rings is 2. The molecule has 1 N–H and O–H groups in total. The van der Waals surface area contributed by atoms with Crippen LogP contribution in [0, 0.1) is 5.82 Å². The van der Waals surface area contributed by atoms with Crippen LogP contribution < -0.4 is 5.32 Å². The van der Waals surface area contributed by atoms with Crippen LogP contribution in [-0.2, 0) is 11.3 Å². The third-order valence-corrected chi connectivity index (χ3v) is 4.71. The second-order valence-corrected chi connectivity index (χ2v) is 6.62. The number of carbonyl (C=O) groups is 1. The van der Waals surface area contributed by atoms with Crippen molar-refractivity contribution in [2.24, 2.45) is 0 Å². The summed E-state index contributed by atoms with van der Waals surface area (Å²) in [5.41, 5.74) is 1.21. The van der Waals surface area contributed by atoms with Gasteiger partial charge in [0.25, 0.3) is 6.43 Å². The second kappa shape index (κ2) is 7.46. The standard InChI is InChI=1S/C20H17F3N4O/c21-13-7-5-12(6-8-13)11-27-10-9-16(20(27)28)25-18-14-3-1-2-4-15(14)24-19(26-18)17(22)23/h1-8,16-17H,9-11H2,(H,24,25,26). The third-order valence-electron chi connectivity index (χ3n) is 4.71. The highest BCUT2D eigenvalue weighted by Crippen LogP contribution is 2.27. The summed E-state index contributed by atoms with van der Waals surface area (Å²) in [6, 6.07) is 12.2. The maximum Gasteiger partial charge on any atom is 0.297 e. The molecule has 0 saturated carbocycles. The molecule has 28 heavy (non-hydrogen) atoms. The number of likely N-dealkylation sites (tertiary alicyclic amines) is 1. The zero-order valence-corrected chi connectivity index (χ0v) is 14.8. The number of fused-ring (bicyclic) bond motifs is 1. The molecule has 8 heteroatoms. The highest BCUT2D eigenvalue weighted by Gasteiger charge is 2.32. The van der Waals surface area contributed by atoms with Gasteiger partial charge in [-0.15, -0.1) is 0 Å². The molecule has 1 fully saturated rings. The maximum atomic E-state index is 13.1. The zero-order valence-electron chi connectivity index (χ0n) is 14.8. The van der Waals surface area contributed by atoms with E-state index in [2.05, 4.69) is 15.3 Å². The molecular formula is C20H17F3N4O. The molecular weight excluding hydrogens is 369 g/mol. The Morgan fingerprint density at radius 3 is 2.61 bits per heavy atom. The van der Waals surface area contributed by atoms with Gasteiger partial charge in [0.2, 0.25) is 5.91 Å². The van der Waals surface area contributed by atoms with Crippen LogP contribution in [0.3, 0.4) is 0 Å². The van der Waals surface area contributed by atoms with Crippen LogP contribution in [-0.4, -0.2) is 33.4 Å². The summed E-state index contributed by atoms with van der Waals surface area (Å²) in [5.74, 6) is -0.829. The highest BCUT2D eigenvalue weighted by atomic mass is 19.3. The number of alkyl halides is 2. The molecule has 0 aliphatic carbocycles. The van der Waals surface area contributed by atoms with E-state index in [0.29, 0.717) is 30.4 Å². The first-order valence-corrected chi connectivity index (χ1v) is 8.86. The normalized spacial score (nSPS) is 16.9. The molecule has 2 aromatic carbocycles. The van der Waals surface area contributed by atoms with Crippen molar-refractivity contribution in [3.05, 3.63) is 65.7 Å². The lowest BCUT2D eigenvalue weighted by atomic mass is 10.2. The van der Waals surface area contributed by atoms with Crippen molar-refractivity contribution in [2.75, 3.05) is 11.9 Å². The van der Waals surface area contributed by atoms with Crippen LogP contribution in [0.15, 0.2) is 48.5 Å². The lowest BCUT2D eigenvalue weighted by molar-refractivity contribution is -0.128. The molecule has 144 valence electrons. The minimum absolute atomic E-state index is 0.148. The SMILES string of the molecule is O=C1C(Nc2nc(C(F)F)nc3ccccc23)CCN1Cc1ccc(F)cc1. The molecule has 1 aliphatic heterocycles. The van der Waals surface area contributed by atoms with Crippen molar-refractivity contribution >= 4 is 22.6 Å². The van der Waals surface area contributed by atoms with Gasteiger partial charge in [-0.25, -0.2) is 23.1 Å². The van der Waals surface area contributed by atoms with Gasteiger partial charge in [-0.3, -0.25) is 4.79 Å². The lowest BCUT2D eigenvalue weighted by Crippen LogP contribution is -2.33. The summed E-state index contributed by atoms with van der Waals surface area (Å²) in [5, 5.41) is 3.60. The molecule has 0 spiro atoms. The molecule has 5 nitrogen and oxygen atoms in total. The quantitative estimate of drug-likeness (QED) is 0.722. The van der Waals surface area contributed by atoms with E-state index < -0.39 is 18.3 Å². The molecule has 1 aromatic heterocycles. The molecule has 0 radical (unpaired) electrons. The van der Waals surface area contributed by atoms with Crippen molar-refractivity contribution in [3.63, 3.8) is 0 Å². The Morgan fingerprint density at radius 1 is 1.11 bits per heavy atom. The molecule has 1 unspecified atom stereocenters. The Hall–Kier alpha value is -3.16. The Bertz CT molecular complexity index is 1010. The number of anilines is 1. The first-order chi connectivity index (χ1) is 13.5. The minimum Gasteiger partial charge on any atom is -0.358 e. The fraction of sp³-hybridized carbons (Fsp3) is 0.250. The van der Waals surface area contributed by atoms with Crippen LogP contribution in [0.5, 0.6) is 0 Å². The zero-order chi connectivity index (χ0) is 19.7. The van der Waals surface area contributed by atoms with Gasteiger partial charge in [0.15, 0.2) is 5.82 Å². The number of para-hydroxylation sites is 1. The molecule has 4 rings (SSSR count). The van der Waals surface area contributed by atoms with E-state index in [1.165, 1.54) is 12.1 Å². The number of hydrogen-bond donors (Lipinski definition) is 1. The summed E-state index contributed by atoms with van der Waals surface area (Å²) in [4.78, 5) is 22.2. The fourth-order valence-corrected chi connectivity index (χ4v) is 3.31. The van der Waals surface area contributed by atoms with Crippen molar-refractivity contribution in [2.45, 2.75) is 25.4 Å². The van der Waals surface area contributed by atoms with Gasteiger partial charge in [0.05, 0.1) is 5.52 Å².